The Morgan fingerprint density at radius 1 is 1.00 bits per heavy atom. The number of sulfonamides is 1. The maximum atomic E-state index is 12.1. The standard InChI is InChI=1S/C12H13N3O4S/c1-7-3-5-9(6-4-7)20(18,19)15-10-8(2)13-12(17)14-11(10)16/h3-6,15H,1-2H3,(H2,13,14,16,17). The lowest BCUT2D eigenvalue weighted by Crippen LogP contribution is -2.28. The molecule has 1 aromatic carbocycles. The monoisotopic (exact) mass is 295 g/mol. The van der Waals surface area contributed by atoms with Gasteiger partial charge in [-0.2, -0.15) is 0 Å². The van der Waals surface area contributed by atoms with Crippen molar-refractivity contribution in [2.75, 3.05) is 4.72 Å². The number of nitrogens with one attached hydrogen (secondary N) is 3. The van der Waals surface area contributed by atoms with Crippen molar-refractivity contribution in [1.82, 2.24) is 9.97 Å². The molecule has 0 bridgehead atoms. The Kier molecular flexibility index (Phi) is 3.49. The van der Waals surface area contributed by atoms with Gasteiger partial charge < -0.3 is 4.98 Å². The lowest BCUT2D eigenvalue weighted by molar-refractivity contribution is 0.601. The van der Waals surface area contributed by atoms with Gasteiger partial charge in [-0.05, 0) is 26.0 Å². The molecule has 0 saturated heterocycles. The molecule has 0 aliphatic heterocycles. The molecule has 1 heterocycles. The Balaban J connectivity index is 2.46. The number of aromatic amines is 2. The highest BCUT2D eigenvalue weighted by Gasteiger charge is 2.17. The fourth-order valence-electron chi connectivity index (χ4n) is 1.63. The molecule has 0 amide bonds. The SMILES string of the molecule is Cc1ccc(S(=O)(=O)Nc2c(C)[nH]c(=O)[nH]c2=O)cc1. The number of H-pyrrole nitrogens is 2. The molecule has 0 fully saturated rings. The second kappa shape index (κ2) is 4.97. The first kappa shape index (κ1) is 14.1. The fourth-order valence-corrected chi connectivity index (χ4v) is 2.76. The number of aromatic nitrogens is 2. The van der Waals surface area contributed by atoms with E-state index in [1.54, 1.807) is 12.1 Å². The highest BCUT2D eigenvalue weighted by molar-refractivity contribution is 7.92. The van der Waals surface area contributed by atoms with Crippen molar-refractivity contribution >= 4 is 15.7 Å². The Hall–Kier alpha value is -2.35. The summed E-state index contributed by atoms with van der Waals surface area (Å²) in [6.45, 7) is 3.27. The molecule has 106 valence electrons. The van der Waals surface area contributed by atoms with E-state index in [2.05, 4.69) is 9.71 Å². The predicted octanol–water partition coefficient (Wildman–Crippen LogP) is 0.481. The molecular weight excluding hydrogens is 282 g/mol. The molecule has 8 heteroatoms. The van der Waals surface area contributed by atoms with Crippen molar-refractivity contribution in [1.29, 1.82) is 0 Å². The van der Waals surface area contributed by atoms with E-state index in [0.717, 1.165) is 5.56 Å². The molecule has 0 spiro atoms. The minimum Gasteiger partial charge on any atom is -0.309 e. The number of benzene rings is 1. The minimum absolute atomic E-state index is 0.0353. The van der Waals surface area contributed by atoms with Crippen LogP contribution in [0.15, 0.2) is 38.8 Å². The molecule has 2 aromatic rings. The molecule has 3 N–H and O–H groups in total. The summed E-state index contributed by atoms with van der Waals surface area (Å²) in [7, 11) is -3.88. The Bertz CT molecular complexity index is 848. The van der Waals surface area contributed by atoms with Gasteiger partial charge in [-0.25, -0.2) is 13.2 Å². The van der Waals surface area contributed by atoms with Gasteiger partial charge in [-0.3, -0.25) is 14.5 Å². The highest BCUT2D eigenvalue weighted by Crippen LogP contribution is 2.14. The molecule has 20 heavy (non-hydrogen) atoms. The lowest BCUT2D eigenvalue weighted by atomic mass is 10.2. The van der Waals surface area contributed by atoms with Gasteiger partial charge in [0, 0.05) is 5.69 Å². The van der Waals surface area contributed by atoms with Crippen molar-refractivity contribution in [3.05, 3.63) is 56.4 Å². The van der Waals surface area contributed by atoms with Crippen LogP contribution < -0.4 is 16.0 Å². The summed E-state index contributed by atoms with van der Waals surface area (Å²) in [6, 6.07) is 6.18. The predicted molar refractivity (Wildman–Crippen MR) is 74.4 cm³/mol. The number of aryl methyl sites for hydroxylation is 2. The van der Waals surface area contributed by atoms with Gasteiger partial charge in [0.1, 0.15) is 5.69 Å². The Morgan fingerprint density at radius 2 is 1.60 bits per heavy atom. The van der Waals surface area contributed by atoms with E-state index in [9.17, 15) is 18.0 Å². The summed E-state index contributed by atoms with van der Waals surface area (Å²) >= 11 is 0. The zero-order chi connectivity index (χ0) is 14.9. The lowest BCUT2D eigenvalue weighted by Gasteiger charge is -2.09. The number of rotatable bonds is 3. The molecule has 0 aliphatic carbocycles. The van der Waals surface area contributed by atoms with E-state index in [0.29, 0.717) is 0 Å². The van der Waals surface area contributed by atoms with Crippen molar-refractivity contribution in [2.45, 2.75) is 18.7 Å². The van der Waals surface area contributed by atoms with Crippen LogP contribution in [0.3, 0.4) is 0 Å². The molecule has 0 saturated carbocycles. The van der Waals surface area contributed by atoms with E-state index in [1.165, 1.54) is 19.1 Å². The first-order chi connectivity index (χ1) is 9.29. The van der Waals surface area contributed by atoms with E-state index in [-0.39, 0.29) is 16.3 Å². The molecule has 2 rings (SSSR count). The highest BCUT2D eigenvalue weighted by atomic mass is 32.2. The van der Waals surface area contributed by atoms with Crippen molar-refractivity contribution in [3.8, 4) is 0 Å². The molecule has 1 aromatic heterocycles. The first-order valence-electron chi connectivity index (χ1n) is 5.72. The Labute approximate surface area is 114 Å². The second-order valence-corrected chi connectivity index (χ2v) is 6.01. The van der Waals surface area contributed by atoms with Gasteiger partial charge in [-0.1, -0.05) is 17.7 Å². The van der Waals surface area contributed by atoms with Crippen LogP contribution >= 0.6 is 0 Å². The zero-order valence-corrected chi connectivity index (χ0v) is 11.7. The van der Waals surface area contributed by atoms with E-state index in [1.807, 2.05) is 11.9 Å². The quantitative estimate of drug-likeness (QED) is 0.764. The minimum atomic E-state index is -3.88. The van der Waals surface area contributed by atoms with Crippen LogP contribution in [0.2, 0.25) is 0 Å². The molecule has 0 unspecified atom stereocenters. The number of anilines is 1. The van der Waals surface area contributed by atoms with E-state index >= 15 is 0 Å². The van der Waals surface area contributed by atoms with Crippen LogP contribution in [0.25, 0.3) is 0 Å². The van der Waals surface area contributed by atoms with Gasteiger partial charge in [0.05, 0.1) is 4.90 Å². The third-order valence-electron chi connectivity index (χ3n) is 2.70. The first-order valence-corrected chi connectivity index (χ1v) is 7.20. The van der Waals surface area contributed by atoms with E-state index < -0.39 is 21.3 Å². The molecule has 7 nitrogen and oxygen atoms in total. The van der Waals surface area contributed by atoms with Gasteiger partial charge >= 0.3 is 5.69 Å². The van der Waals surface area contributed by atoms with Crippen molar-refractivity contribution < 1.29 is 8.42 Å². The van der Waals surface area contributed by atoms with Gasteiger partial charge in [-0.15, -0.1) is 0 Å². The second-order valence-electron chi connectivity index (χ2n) is 4.33. The van der Waals surface area contributed by atoms with Gasteiger partial charge in [0.25, 0.3) is 15.6 Å². The smallest absolute Gasteiger partial charge is 0.309 e. The topological polar surface area (TPSA) is 112 Å². The van der Waals surface area contributed by atoms with Gasteiger partial charge in [0.2, 0.25) is 0 Å². The summed E-state index contributed by atoms with van der Waals surface area (Å²) in [5, 5.41) is 0. The summed E-state index contributed by atoms with van der Waals surface area (Å²) in [5.74, 6) is 0. The molecule has 0 aliphatic rings. The molecule has 0 atom stereocenters. The average Bonchev–Trinajstić information content (AvgIpc) is 2.34. The molecular formula is C12H13N3O4S. The summed E-state index contributed by atoms with van der Waals surface area (Å²) in [5.41, 5.74) is -0.616. The van der Waals surface area contributed by atoms with Gasteiger partial charge in [0.15, 0.2) is 0 Å². The van der Waals surface area contributed by atoms with Crippen LogP contribution in [-0.4, -0.2) is 18.4 Å². The van der Waals surface area contributed by atoms with E-state index in [4.69, 9.17) is 0 Å². The van der Waals surface area contributed by atoms with Crippen molar-refractivity contribution in [2.24, 2.45) is 0 Å². The number of hydrogen-bond donors (Lipinski definition) is 3. The third kappa shape index (κ3) is 2.80. The largest absolute Gasteiger partial charge is 0.326 e. The Morgan fingerprint density at radius 3 is 2.15 bits per heavy atom. The maximum Gasteiger partial charge on any atom is 0.326 e. The molecule has 0 radical (unpaired) electrons. The summed E-state index contributed by atoms with van der Waals surface area (Å²) < 4.78 is 26.5. The number of hydrogen-bond acceptors (Lipinski definition) is 4. The maximum absolute atomic E-state index is 12.1. The van der Waals surface area contributed by atoms with Crippen LogP contribution in [0.5, 0.6) is 0 Å². The van der Waals surface area contributed by atoms with Crippen LogP contribution in [-0.2, 0) is 10.0 Å². The summed E-state index contributed by atoms with van der Waals surface area (Å²) in [4.78, 5) is 27.0. The third-order valence-corrected chi connectivity index (χ3v) is 4.06. The van der Waals surface area contributed by atoms with Crippen molar-refractivity contribution in [3.63, 3.8) is 0 Å². The average molecular weight is 295 g/mol. The van der Waals surface area contributed by atoms with Crippen LogP contribution in [0, 0.1) is 13.8 Å². The summed E-state index contributed by atoms with van der Waals surface area (Å²) in [6.07, 6.45) is 0. The zero-order valence-electron chi connectivity index (χ0n) is 10.9. The fraction of sp³-hybridized carbons (Fsp3) is 0.167. The normalized spacial score (nSPS) is 11.3. The van der Waals surface area contributed by atoms with Crippen LogP contribution in [0.1, 0.15) is 11.3 Å². The van der Waals surface area contributed by atoms with Crippen LogP contribution in [0.4, 0.5) is 5.69 Å².